The average Bonchev–Trinajstić information content (AvgIpc) is 2.21. The quantitative estimate of drug-likeness (QED) is 0.647. The third-order valence-corrected chi connectivity index (χ3v) is 2.44. The molecule has 0 aliphatic rings. The van der Waals surface area contributed by atoms with Crippen molar-refractivity contribution >= 4 is 22.2 Å². The molecule has 3 nitrogen and oxygen atoms in total. The monoisotopic (exact) mass is 257 g/mol. The van der Waals surface area contributed by atoms with Gasteiger partial charge in [0.15, 0.2) is 6.29 Å². The molecule has 4 heteroatoms. The van der Waals surface area contributed by atoms with E-state index in [0.29, 0.717) is 17.9 Å². The van der Waals surface area contributed by atoms with E-state index in [9.17, 15) is 4.79 Å². The lowest BCUT2D eigenvalue weighted by molar-refractivity contribution is 0.112. The second kappa shape index (κ2) is 5.78. The highest BCUT2D eigenvalue weighted by atomic mass is 79.9. The van der Waals surface area contributed by atoms with E-state index in [4.69, 9.17) is 4.74 Å². The first-order chi connectivity index (χ1) is 6.77. The Morgan fingerprint density at radius 2 is 2.36 bits per heavy atom. The average molecular weight is 258 g/mol. The molecule has 1 rings (SSSR count). The highest BCUT2D eigenvalue weighted by Crippen LogP contribution is 2.20. The summed E-state index contributed by atoms with van der Waals surface area (Å²) in [6, 6.07) is 5.35. The summed E-state index contributed by atoms with van der Waals surface area (Å²) in [5.41, 5.74) is 0.604. The van der Waals surface area contributed by atoms with E-state index in [1.165, 1.54) is 0 Å². The Morgan fingerprint density at radius 3 is 3.00 bits per heavy atom. The summed E-state index contributed by atoms with van der Waals surface area (Å²) in [6.45, 7) is 1.38. The molecule has 0 saturated heterocycles. The largest absolute Gasteiger partial charge is 0.492 e. The predicted molar refractivity (Wildman–Crippen MR) is 59.0 cm³/mol. The van der Waals surface area contributed by atoms with E-state index in [2.05, 4.69) is 21.2 Å². The van der Waals surface area contributed by atoms with Gasteiger partial charge in [0.05, 0.1) is 0 Å². The molecular formula is C10H12BrNO2. The molecule has 0 amide bonds. The molecule has 0 bridgehead atoms. The zero-order valence-corrected chi connectivity index (χ0v) is 9.50. The molecule has 0 fully saturated rings. The molecule has 14 heavy (non-hydrogen) atoms. The van der Waals surface area contributed by atoms with Gasteiger partial charge in [0.25, 0.3) is 0 Å². The van der Waals surface area contributed by atoms with Gasteiger partial charge in [-0.3, -0.25) is 4.79 Å². The Hall–Kier alpha value is -0.870. The number of nitrogens with one attached hydrogen (secondary N) is 1. The Kier molecular flexibility index (Phi) is 4.62. The van der Waals surface area contributed by atoms with Crippen LogP contribution >= 0.6 is 15.9 Å². The van der Waals surface area contributed by atoms with E-state index < -0.39 is 0 Å². The summed E-state index contributed by atoms with van der Waals surface area (Å²) in [5.74, 6) is 0.713. The fraction of sp³-hybridized carbons (Fsp3) is 0.300. The SMILES string of the molecule is CNCCOc1ccc(Br)c(C=O)c1. The summed E-state index contributed by atoms with van der Waals surface area (Å²) in [7, 11) is 1.86. The topological polar surface area (TPSA) is 38.3 Å². The van der Waals surface area contributed by atoms with Gasteiger partial charge in [-0.2, -0.15) is 0 Å². The maximum absolute atomic E-state index is 10.6. The molecular weight excluding hydrogens is 246 g/mol. The predicted octanol–water partition coefficient (Wildman–Crippen LogP) is 1.86. The number of rotatable bonds is 5. The first-order valence-corrected chi connectivity index (χ1v) is 5.09. The van der Waals surface area contributed by atoms with Crippen LogP contribution in [0.2, 0.25) is 0 Å². The molecule has 1 aromatic rings. The van der Waals surface area contributed by atoms with Gasteiger partial charge in [-0.25, -0.2) is 0 Å². The Balaban J connectivity index is 2.64. The lowest BCUT2D eigenvalue weighted by Gasteiger charge is -2.06. The Labute approximate surface area is 91.6 Å². The summed E-state index contributed by atoms with van der Waals surface area (Å²) >= 11 is 3.27. The maximum atomic E-state index is 10.6. The van der Waals surface area contributed by atoms with Crippen LogP contribution in [0.25, 0.3) is 0 Å². The van der Waals surface area contributed by atoms with E-state index >= 15 is 0 Å². The summed E-state index contributed by atoms with van der Waals surface area (Å²) < 4.78 is 6.19. The smallest absolute Gasteiger partial charge is 0.151 e. The van der Waals surface area contributed by atoms with Gasteiger partial charge in [-0.05, 0) is 25.2 Å². The van der Waals surface area contributed by atoms with E-state index in [1.54, 1.807) is 12.1 Å². The molecule has 0 unspecified atom stereocenters. The zero-order chi connectivity index (χ0) is 10.4. The molecule has 76 valence electrons. The second-order valence-corrected chi connectivity index (χ2v) is 3.61. The van der Waals surface area contributed by atoms with Crippen LogP contribution in [-0.2, 0) is 0 Å². The van der Waals surface area contributed by atoms with Gasteiger partial charge in [0, 0.05) is 16.6 Å². The van der Waals surface area contributed by atoms with Crippen molar-refractivity contribution in [1.82, 2.24) is 5.32 Å². The van der Waals surface area contributed by atoms with Gasteiger partial charge in [-0.1, -0.05) is 15.9 Å². The van der Waals surface area contributed by atoms with Crippen molar-refractivity contribution in [3.8, 4) is 5.75 Å². The van der Waals surface area contributed by atoms with Crippen LogP contribution in [-0.4, -0.2) is 26.5 Å². The van der Waals surface area contributed by atoms with Crippen LogP contribution in [0.3, 0.4) is 0 Å². The maximum Gasteiger partial charge on any atom is 0.151 e. The summed E-state index contributed by atoms with van der Waals surface area (Å²) in [4.78, 5) is 10.6. The number of benzene rings is 1. The number of carbonyl (C=O) groups is 1. The van der Waals surface area contributed by atoms with Crippen molar-refractivity contribution in [2.45, 2.75) is 0 Å². The molecule has 0 spiro atoms. The van der Waals surface area contributed by atoms with Crippen LogP contribution in [0.1, 0.15) is 10.4 Å². The number of likely N-dealkylation sites (N-methyl/N-ethyl adjacent to an activating group) is 1. The standard InChI is InChI=1S/C10H12BrNO2/c1-12-4-5-14-9-2-3-10(11)8(6-9)7-13/h2-3,6-7,12H,4-5H2,1H3. The highest BCUT2D eigenvalue weighted by molar-refractivity contribution is 9.10. The van der Waals surface area contributed by atoms with E-state index in [0.717, 1.165) is 17.3 Å². The van der Waals surface area contributed by atoms with Gasteiger partial charge < -0.3 is 10.1 Å². The van der Waals surface area contributed by atoms with Crippen molar-refractivity contribution in [2.24, 2.45) is 0 Å². The normalized spacial score (nSPS) is 9.86. The lowest BCUT2D eigenvalue weighted by Crippen LogP contribution is -2.15. The Bertz CT molecular complexity index is 315. The van der Waals surface area contributed by atoms with Crippen LogP contribution < -0.4 is 10.1 Å². The lowest BCUT2D eigenvalue weighted by atomic mass is 10.2. The number of halogens is 1. The molecule has 1 N–H and O–H groups in total. The first kappa shape index (κ1) is 11.2. The van der Waals surface area contributed by atoms with Crippen LogP contribution in [0.15, 0.2) is 22.7 Å². The molecule has 0 radical (unpaired) electrons. The minimum absolute atomic E-state index is 0.594. The molecule has 0 aliphatic carbocycles. The van der Waals surface area contributed by atoms with Crippen molar-refractivity contribution in [2.75, 3.05) is 20.2 Å². The molecule has 0 atom stereocenters. The summed E-state index contributed by atoms with van der Waals surface area (Å²) in [5, 5.41) is 2.97. The number of aldehydes is 1. The molecule has 0 heterocycles. The van der Waals surface area contributed by atoms with Crippen molar-refractivity contribution in [1.29, 1.82) is 0 Å². The highest BCUT2D eigenvalue weighted by Gasteiger charge is 2.00. The minimum Gasteiger partial charge on any atom is -0.492 e. The van der Waals surface area contributed by atoms with Crippen molar-refractivity contribution in [3.05, 3.63) is 28.2 Å². The van der Waals surface area contributed by atoms with E-state index in [1.807, 2.05) is 13.1 Å². The van der Waals surface area contributed by atoms with Gasteiger partial charge in [0.2, 0.25) is 0 Å². The summed E-state index contributed by atoms with van der Waals surface area (Å²) in [6.07, 6.45) is 0.801. The number of hydrogen-bond donors (Lipinski definition) is 1. The van der Waals surface area contributed by atoms with Crippen molar-refractivity contribution in [3.63, 3.8) is 0 Å². The van der Waals surface area contributed by atoms with Gasteiger partial charge in [-0.15, -0.1) is 0 Å². The molecule has 1 aromatic carbocycles. The second-order valence-electron chi connectivity index (χ2n) is 2.75. The van der Waals surface area contributed by atoms with Crippen LogP contribution in [0.5, 0.6) is 5.75 Å². The third kappa shape index (κ3) is 3.12. The fourth-order valence-corrected chi connectivity index (χ4v) is 1.31. The molecule has 0 aromatic heterocycles. The minimum atomic E-state index is 0.594. The number of carbonyl (C=O) groups excluding carboxylic acids is 1. The zero-order valence-electron chi connectivity index (χ0n) is 7.92. The molecule has 0 saturated carbocycles. The first-order valence-electron chi connectivity index (χ1n) is 4.30. The molecule has 0 aliphatic heterocycles. The fourth-order valence-electron chi connectivity index (χ4n) is 0.973. The van der Waals surface area contributed by atoms with Crippen LogP contribution in [0, 0.1) is 0 Å². The van der Waals surface area contributed by atoms with Crippen molar-refractivity contribution < 1.29 is 9.53 Å². The Morgan fingerprint density at radius 1 is 1.57 bits per heavy atom. The van der Waals surface area contributed by atoms with Gasteiger partial charge >= 0.3 is 0 Å². The number of hydrogen-bond acceptors (Lipinski definition) is 3. The number of ether oxygens (including phenoxy) is 1. The van der Waals surface area contributed by atoms with E-state index in [-0.39, 0.29) is 0 Å². The van der Waals surface area contributed by atoms with Crippen LogP contribution in [0.4, 0.5) is 0 Å². The third-order valence-electron chi connectivity index (χ3n) is 1.72. The van der Waals surface area contributed by atoms with Gasteiger partial charge in [0.1, 0.15) is 12.4 Å².